The quantitative estimate of drug-likeness (QED) is 0.374. The lowest BCUT2D eigenvalue weighted by atomic mass is 10.6. The first-order valence-electron chi connectivity index (χ1n) is 3.04. The molecular formula is C6H5NO5. The summed E-state index contributed by atoms with van der Waals surface area (Å²) in [5, 5.41) is 9.81. The lowest BCUT2D eigenvalue weighted by Crippen LogP contribution is -2.18. The molecule has 6 nitrogen and oxygen atoms in total. The zero-order valence-electron chi connectivity index (χ0n) is 5.93. The lowest BCUT2D eigenvalue weighted by molar-refractivity contribution is -0.469. The van der Waals surface area contributed by atoms with Crippen molar-refractivity contribution in [3.05, 3.63) is 28.5 Å². The Balaban J connectivity index is 2.42. The fourth-order valence-electron chi connectivity index (χ4n) is 0.571. The third-order valence-corrected chi connectivity index (χ3v) is 0.968. The summed E-state index contributed by atoms with van der Waals surface area (Å²) in [6.45, 7) is -0.860. The Hall–Kier alpha value is -1.85. The van der Waals surface area contributed by atoms with Crippen molar-refractivity contribution in [3.8, 4) is 5.95 Å². The van der Waals surface area contributed by atoms with E-state index in [1.165, 1.54) is 18.4 Å². The summed E-state index contributed by atoms with van der Waals surface area (Å²) in [6.07, 6.45) is 1.30. The van der Waals surface area contributed by atoms with E-state index >= 15 is 0 Å². The normalized spacial score (nSPS) is 9.33. The highest BCUT2D eigenvalue weighted by molar-refractivity contribution is 5.72. The number of carbonyl (C=O) groups excluding carboxylic acids is 1. The molecule has 1 aromatic heterocycles. The largest absolute Gasteiger partial charge is 0.434 e. The predicted octanol–water partition coefficient (Wildman–Crippen LogP) is 0.462. The summed E-state index contributed by atoms with van der Waals surface area (Å²) in [5.41, 5.74) is 0. The van der Waals surface area contributed by atoms with E-state index in [9.17, 15) is 14.9 Å². The molecule has 64 valence electrons. The average Bonchev–Trinajstić information content (AvgIpc) is 2.37. The smallest absolute Gasteiger partial charge is 0.386 e. The monoisotopic (exact) mass is 171 g/mol. The molecule has 0 aliphatic heterocycles. The van der Waals surface area contributed by atoms with Gasteiger partial charge < -0.3 is 9.15 Å². The fraction of sp³-hybridized carbons (Fsp3) is 0.167. The van der Waals surface area contributed by atoms with Gasteiger partial charge in [-0.2, -0.15) is 0 Å². The topological polar surface area (TPSA) is 82.6 Å². The number of ether oxygens (including phenoxy) is 1. The lowest BCUT2D eigenvalue weighted by Gasteiger charge is -1.94. The van der Waals surface area contributed by atoms with Crippen molar-refractivity contribution < 1.29 is 18.9 Å². The molecule has 0 saturated carbocycles. The van der Waals surface area contributed by atoms with E-state index in [4.69, 9.17) is 0 Å². The first-order chi connectivity index (χ1) is 5.68. The van der Waals surface area contributed by atoms with E-state index in [1.807, 2.05) is 0 Å². The van der Waals surface area contributed by atoms with Gasteiger partial charge in [-0.25, -0.2) is 4.79 Å². The molecule has 0 N–H and O–H groups in total. The van der Waals surface area contributed by atoms with Gasteiger partial charge in [0.15, 0.2) is 0 Å². The molecule has 0 spiro atoms. The molecule has 0 fully saturated rings. The van der Waals surface area contributed by atoms with Gasteiger partial charge in [0.2, 0.25) is 0 Å². The number of furan rings is 1. The highest BCUT2D eigenvalue weighted by Gasteiger charge is 2.12. The van der Waals surface area contributed by atoms with Crippen LogP contribution in [0.2, 0.25) is 0 Å². The summed E-state index contributed by atoms with van der Waals surface area (Å²) in [6, 6.07) is 2.90. The molecule has 12 heavy (non-hydrogen) atoms. The first-order valence-corrected chi connectivity index (χ1v) is 3.04. The summed E-state index contributed by atoms with van der Waals surface area (Å²) in [7, 11) is 0. The van der Waals surface area contributed by atoms with Crippen molar-refractivity contribution in [2.75, 3.05) is 6.54 Å². The van der Waals surface area contributed by atoms with Crippen LogP contribution >= 0.6 is 0 Å². The summed E-state index contributed by atoms with van der Waals surface area (Å²) < 4.78 is 9.04. The van der Waals surface area contributed by atoms with E-state index in [0.29, 0.717) is 0 Å². The van der Waals surface area contributed by atoms with Gasteiger partial charge in [0.1, 0.15) is 0 Å². The molecule has 0 aromatic carbocycles. The number of hydrogen-bond acceptors (Lipinski definition) is 5. The van der Waals surface area contributed by atoms with Gasteiger partial charge in [-0.1, -0.05) is 0 Å². The number of carbonyl (C=O) groups is 1. The Morgan fingerprint density at radius 2 is 2.50 bits per heavy atom. The molecule has 6 heteroatoms. The zero-order chi connectivity index (χ0) is 8.97. The van der Waals surface area contributed by atoms with Crippen LogP contribution in [0.15, 0.2) is 22.8 Å². The molecule has 0 amide bonds. The molecule has 1 aromatic rings. The van der Waals surface area contributed by atoms with Gasteiger partial charge in [-0.3, -0.25) is 10.1 Å². The predicted molar refractivity (Wildman–Crippen MR) is 36.2 cm³/mol. The summed E-state index contributed by atoms with van der Waals surface area (Å²) >= 11 is 0. The fourth-order valence-corrected chi connectivity index (χ4v) is 0.571. The second-order valence-electron chi connectivity index (χ2n) is 1.90. The molecule has 0 saturated heterocycles. The number of esters is 1. The molecule has 0 atom stereocenters. The summed E-state index contributed by atoms with van der Waals surface area (Å²) in [4.78, 5) is 19.6. The molecular weight excluding hydrogens is 166 g/mol. The Bertz CT molecular complexity index is 278. The van der Waals surface area contributed by atoms with Crippen molar-refractivity contribution in [3.63, 3.8) is 0 Å². The van der Waals surface area contributed by atoms with Gasteiger partial charge in [-0.15, -0.1) is 0 Å². The average molecular weight is 171 g/mol. The minimum Gasteiger partial charge on any atom is -0.434 e. The third kappa shape index (κ3) is 2.41. The van der Waals surface area contributed by atoms with Crippen LogP contribution in [0.5, 0.6) is 5.95 Å². The minimum absolute atomic E-state index is 0.0400. The van der Waals surface area contributed by atoms with Crippen molar-refractivity contribution in [2.24, 2.45) is 0 Å². The Morgan fingerprint density at radius 3 is 3.00 bits per heavy atom. The van der Waals surface area contributed by atoms with Crippen LogP contribution in [0.1, 0.15) is 0 Å². The van der Waals surface area contributed by atoms with E-state index in [1.54, 1.807) is 0 Å². The van der Waals surface area contributed by atoms with Crippen LogP contribution in [0.3, 0.4) is 0 Å². The minimum atomic E-state index is -0.949. The molecule has 0 aliphatic rings. The molecule has 0 radical (unpaired) electrons. The molecule has 0 aliphatic carbocycles. The van der Waals surface area contributed by atoms with Gasteiger partial charge in [0, 0.05) is 11.0 Å². The van der Waals surface area contributed by atoms with Gasteiger partial charge in [-0.05, 0) is 6.07 Å². The second kappa shape index (κ2) is 3.51. The van der Waals surface area contributed by atoms with Crippen molar-refractivity contribution in [2.45, 2.75) is 0 Å². The van der Waals surface area contributed by atoms with Gasteiger partial charge >= 0.3 is 5.97 Å². The number of rotatable bonds is 3. The number of nitro groups is 1. The van der Waals surface area contributed by atoms with Gasteiger partial charge in [0.25, 0.3) is 12.5 Å². The van der Waals surface area contributed by atoms with Crippen LogP contribution in [0.25, 0.3) is 0 Å². The maximum Gasteiger partial charge on any atom is 0.386 e. The maximum absolute atomic E-state index is 10.6. The van der Waals surface area contributed by atoms with E-state index in [0.717, 1.165) is 0 Å². The molecule has 1 rings (SSSR count). The standard InChI is InChI=1S/C6H5NO5/c8-5(4-7(9)10)12-6-2-1-3-11-6/h1-3H,4H2. The van der Waals surface area contributed by atoms with E-state index in [-0.39, 0.29) is 5.95 Å². The SMILES string of the molecule is O=C(C[N+](=O)[O-])Oc1ccco1. The number of nitrogens with zero attached hydrogens (tertiary/aromatic N) is 1. The van der Waals surface area contributed by atoms with Crippen molar-refractivity contribution >= 4 is 5.97 Å². The first kappa shape index (κ1) is 8.25. The molecule has 0 bridgehead atoms. The van der Waals surface area contributed by atoms with Crippen molar-refractivity contribution in [1.82, 2.24) is 0 Å². The van der Waals surface area contributed by atoms with Crippen LogP contribution in [-0.2, 0) is 4.79 Å². The van der Waals surface area contributed by atoms with E-state index in [2.05, 4.69) is 9.15 Å². The summed E-state index contributed by atoms with van der Waals surface area (Å²) in [5.74, 6) is -0.989. The van der Waals surface area contributed by atoms with Crippen LogP contribution in [-0.4, -0.2) is 17.4 Å². The third-order valence-electron chi connectivity index (χ3n) is 0.968. The van der Waals surface area contributed by atoms with Crippen molar-refractivity contribution in [1.29, 1.82) is 0 Å². The van der Waals surface area contributed by atoms with Crippen LogP contribution in [0, 0.1) is 10.1 Å². The molecule has 1 heterocycles. The highest BCUT2D eigenvalue weighted by atomic mass is 16.6. The molecule has 0 unspecified atom stereocenters. The second-order valence-corrected chi connectivity index (χ2v) is 1.90. The highest BCUT2D eigenvalue weighted by Crippen LogP contribution is 2.09. The Kier molecular flexibility index (Phi) is 2.42. The Morgan fingerprint density at radius 1 is 1.75 bits per heavy atom. The van der Waals surface area contributed by atoms with E-state index < -0.39 is 17.4 Å². The number of hydrogen-bond donors (Lipinski definition) is 0. The van der Waals surface area contributed by atoms with Gasteiger partial charge in [0.05, 0.1) is 6.26 Å². The maximum atomic E-state index is 10.6. The van der Waals surface area contributed by atoms with Crippen LogP contribution < -0.4 is 4.74 Å². The Labute approximate surface area is 66.9 Å². The van der Waals surface area contributed by atoms with Crippen LogP contribution in [0.4, 0.5) is 0 Å². The zero-order valence-corrected chi connectivity index (χ0v) is 5.93.